The summed E-state index contributed by atoms with van der Waals surface area (Å²) in [4.78, 5) is 0. The Morgan fingerprint density at radius 3 is 2.52 bits per heavy atom. The SMILES string of the molecule is CCNCc1cnn(-c2ccc(F)cc2F)c1C(F)(F)F. The molecule has 8 heteroatoms. The second kappa shape index (κ2) is 5.80. The lowest BCUT2D eigenvalue weighted by Gasteiger charge is -2.13. The Kier molecular flexibility index (Phi) is 4.26. The van der Waals surface area contributed by atoms with Crippen molar-refractivity contribution in [3.8, 4) is 5.69 Å². The molecule has 3 nitrogen and oxygen atoms in total. The number of hydrogen-bond acceptors (Lipinski definition) is 2. The maximum absolute atomic E-state index is 13.7. The fraction of sp³-hybridized carbons (Fsp3) is 0.308. The lowest BCUT2D eigenvalue weighted by Crippen LogP contribution is -2.19. The Hall–Kier alpha value is -1.96. The lowest BCUT2D eigenvalue weighted by atomic mass is 10.2. The van der Waals surface area contributed by atoms with Crippen molar-refractivity contribution in [1.82, 2.24) is 15.1 Å². The fourth-order valence-electron chi connectivity index (χ4n) is 1.91. The molecule has 0 saturated heterocycles. The van der Waals surface area contributed by atoms with Crippen molar-refractivity contribution in [3.63, 3.8) is 0 Å². The molecule has 0 spiro atoms. The van der Waals surface area contributed by atoms with Gasteiger partial charge in [0.1, 0.15) is 11.5 Å². The van der Waals surface area contributed by atoms with Crippen molar-refractivity contribution in [2.75, 3.05) is 6.54 Å². The molecule has 0 radical (unpaired) electrons. The summed E-state index contributed by atoms with van der Waals surface area (Å²) >= 11 is 0. The first-order valence-corrected chi connectivity index (χ1v) is 6.14. The molecule has 0 atom stereocenters. The van der Waals surface area contributed by atoms with E-state index in [1.165, 1.54) is 0 Å². The van der Waals surface area contributed by atoms with E-state index in [0.717, 1.165) is 18.3 Å². The molecule has 0 aliphatic carbocycles. The fourth-order valence-corrected chi connectivity index (χ4v) is 1.91. The van der Waals surface area contributed by atoms with Crippen molar-refractivity contribution in [1.29, 1.82) is 0 Å². The Morgan fingerprint density at radius 1 is 1.24 bits per heavy atom. The van der Waals surface area contributed by atoms with Gasteiger partial charge in [-0.1, -0.05) is 6.92 Å². The van der Waals surface area contributed by atoms with E-state index in [1.807, 2.05) is 0 Å². The summed E-state index contributed by atoms with van der Waals surface area (Å²) in [6, 6.07) is 2.31. The minimum atomic E-state index is -4.71. The first-order chi connectivity index (χ1) is 9.84. The van der Waals surface area contributed by atoms with Crippen molar-refractivity contribution in [2.45, 2.75) is 19.6 Å². The molecule has 0 bridgehead atoms. The second-order valence-corrected chi connectivity index (χ2v) is 4.30. The van der Waals surface area contributed by atoms with Crippen molar-refractivity contribution in [3.05, 3.63) is 47.3 Å². The highest BCUT2D eigenvalue weighted by atomic mass is 19.4. The number of alkyl halides is 3. The minimum Gasteiger partial charge on any atom is -0.313 e. The Bertz CT molecular complexity index is 633. The van der Waals surface area contributed by atoms with Crippen LogP contribution in [0.4, 0.5) is 22.0 Å². The summed E-state index contributed by atoms with van der Waals surface area (Å²) in [6.45, 7) is 2.18. The quantitative estimate of drug-likeness (QED) is 0.879. The Balaban J connectivity index is 2.55. The zero-order valence-corrected chi connectivity index (χ0v) is 11.0. The molecule has 2 rings (SSSR count). The third-order valence-corrected chi connectivity index (χ3v) is 2.82. The number of hydrogen-bond donors (Lipinski definition) is 1. The second-order valence-electron chi connectivity index (χ2n) is 4.30. The number of aromatic nitrogens is 2. The van der Waals surface area contributed by atoms with Crippen LogP contribution in [0.3, 0.4) is 0 Å². The van der Waals surface area contributed by atoms with Gasteiger partial charge in [-0.2, -0.15) is 18.3 Å². The number of benzene rings is 1. The smallest absolute Gasteiger partial charge is 0.313 e. The van der Waals surface area contributed by atoms with Gasteiger partial charge in [-0.25, -0.2) is 13.5 Å². The Labute approximate surface area is 117 Å². The monoisotopic (exact) mass is 305 g/mol. The van der Waals surface area contributed by atoms with Crippen LogP contribution in [-0.4, -0.2) is 16.3 Å². The molecule has 0 fully saturated rings. The maximum Gasteiger partial charge on any atom is 0.433 e. The number of nitrogens with zero attached hydrogens (tertiary/aromatic N) is 2. The van der Waals surface area contributed by atoms with Gasteiger partial charge in [0.25, 0.3) is 0 Å². The van der Waals surface area contributed by atoms with Crippen LogP contribution in [0.15, 0.2) is 24.4 Å². The average molecular weight is 305 g/mol. The van der Waals surface area contributed by atoms with Crippen LogP contribution >= 0.6 is 0 Å². The normalized spacial score (nSPS) is 11.9. The molecule has 0 unspecified atom stereocenters. The van der Waals surface area contributed by atoms with Gasteiger partial charge in [-0.15, -0.1) is 0 Å². The van der Waals surface area contributed by atoms with E-state index >= 15 is 0 Å². The van der Waals surface area contributed by atoms with Crippen molar-refractivity contribution >= 4 is 0 Å². The van der Waals surface area contributed by atoms with Crippen LogP contribution in [0.25, 0.3) is 5.69 Å². The highest BCUT2D eigenvalue weighted by molar-refractivity contribution is 5.37. The molecule has 0 aliphatic heterocycles. The molecule has 2 aromatic rings. The Morgan fingerprint density at radius 2 is 1.95 bits per heavy atom. The van der Waals surface area contributed by atoms with E-state index in [1.54, 1.807) is 6.92 Å². The van der Waals surface area contributed by atoms with E-state index in [4.69, 9.17) is 0 Å². The predicted octanol–water partition coefficient (Wildman–Crippen LogP) is 3.28. The molecule has 1 heterocycles. The van der Waals surface area contributed by atoms with Crippen LogP contribution in [0.2, 0.25) is 0 Å². The molecule has 114 valence electrons. The van der Waals surface area contributed by atoms with E-state index < -0.39 is 29.2 Å². The summed E-state index contributed by atoms with van der Waals surface area (Å²) in [5, 5.41) is 6.35. The van der Waals surface area contributed by atoms with Gasteiger partial charge in [0.2, 0.25) is 0 Å². The van der Waals surface area contributed by atoms with Gasteiger partial charge in [-0.05, 0) is 18.7 Å². The molecule has 0 amide bonds. The molecule has 1 aromatic carbocycles. The van der Waals surface area contributed by atoms with E-state index in [2.05, 4.69) is 10.4 Å². The largest absolute Gasteiger partial charge is 0.433 e. The molecule has 1 aromatic heterocycles. The molecular weight excluding hydrogens is 293 g/mol. The summed E-state index contributed by atoms with van der Waals surface area (Å²) < 4.78 is 66.5. The van der Waals surface area contributed by atoms with Crippen LogP contribution < -0.4 is 5.32 Å². The third kappa shape index (κ3) is 3.21. The number of nitrogens with one attached hydrogen (secondary N) is 1. The van der Waals surface area contributed by atoms with E-state index in [0.29, 0.717) is 17.3 Å². The van der Waals surface area contributed by atoms with Crippen molar-refractivity contribution < 1.29 is 22.0 Å². The number of rotatable bonds is 4. The minimum absolute atomic E-state index is 0.0475. The predicted molar refractivity (Wildman–Crippen MR) is 65.9 cm³/mol. The van der Waals surface area contributed by atoms with E-state index in [9.17, 15) is 22.0 Å². The molecule has 21 heavy (non-hydrogen) atoms. The molecule has 1 N–H and O–H groups in total. The maximum atomic E-state index is 13.7. The van der Waals surface area contributed by atoms with Crippen LogP contribution in [0.1, 0.15) is 18.2 Å². The highest BCUT2D eigenvalue weighted by Gasteiger charge is 2.38. The van der Waals surface area contributed by atoms with Crippen LogP contribution in [-0.2, 0) is 12.7 Å². The highest BCUT2D eigenvalue weighted by Crippen LogP contribution is 2.34. The lowest BCUT2D eigenvalue weighted by molar-refractivity contribution is -0.143. The molecule has 0 aliphatic rings. The summed E-state index contributed by atoms with van der Waals surface area (Å²) in [7, 11) is 0. The first kappa shape index (κ1) is 15.4. The van der Waals surface area contributed by atoms with Crippen LogP contribution in [0, 0.1) is 11.6 Å². The van der Waals surface area contributed by atoms with Gasteiger partial charge in [0, 0.05) is 18.2 Å². The third-order valence-electron chi connectivity index (χ3n) is 2.82. The molecule has 0 saturated carbocycles. The zero-order chi connectivity index (χ0) is 15.6. The standard InChI is InChI=1S/C13H12F5N3/c1-2-19-6-8-7-20-21(12(8)13(16,17)18)11-4-3-9(14)5-10(11)15/h3-5,7,19H,2,6H2,1H3. The van der Waals surface area contributed by atoms with Gasteiger partial charge in [-0.3, -0.25) is 0 Å². The summed E-state index contributed by atoms with van der Waals surface area (Å²) in [5.41, 5.74) is -1.63. The summed E-state index contributed by atoms with van der Waals surface area (Å²) in [6.07, 6.45) is -3.68. The molecular formula is C13H12F5N3. The number of halogens is 5. The topological polar surface area (TPSA) is 29.9 Å². The van der Waals surface area contributed by atoms with Gasteiger partial charge in [0.05, 0.1) is 6.20 Å². The summed E-state index contributed by atoms with van der Waals surface area (Å²) in [5.74, 6) is -1.98. The van der Waals surface area contributed by atoms with Gasteiger partial charge in [0.15, 0.2) is 11.5 Å². The zero-order valence-electron chi connectivity index (χ0n) is 11.0. The average Bonchev–Trinajstić information content (AvgIpc) is 2.80. The van der Waals surface area contributed by atoms with Gasteiger partial charge < -0.3 is 5.32 Å². The van der Waals surface area contributed by atoms with Crippen LogP contribution in [0.5, 0.6) is 0 Å². The van der Waals surface area contributed by atoms with Crippen molar-refractivity contribution in [2.24, 2.45) is 0 Å². The van der Waals surface area contributed by atoms with E-state index in [-0.39, 0.29) is 12.1 Å². The first-order valence-electron chi connectivity index (χ1n) is 6.14. The van der Waals surface area contributed by atoms with Gasteiger partial charge >= 0.3 is 6.18 Å².